The standard InChI is InChI=1S/C4H6O3Si4/c1-3-10(5-8)7-11(4-2)6-9/h3-4H,1-2H2. The predicted octanol–water partition coefficient (Wildman–Crippen LogP) is -0.370. The van der Waals surface area contributed by atoms with Crippen LogP contribution in [-0.4, -0.2) is 39.5 Å². The van der Waals surface area contributed by atoms with Crippen LogP contribution in [0, 0.1) is 0 Å². The fourth-order valence-corrected chi connectivity index (χ4v) is 3.52. The van der Waals surface area contributed by atoms with Gasteiger partial charge in [0, 0.05) is 0 Å². The summed E-state index contributed by atoms with van der Waals surface area (Å²) in [5.74, 6) is 0. The molecule has 0 unspecified atom stereocenters. The van der Waals surface area contributed by atoms with E-state index in [-0.39, 0.29) is 0 Å². The van der Waals surface area contributed by atoms with Gasteiger partial charge in [-0.15, -0.1) is 13.2 Å². The van der Waals surface area contributed by atoms with Gasteiger partial charge in [-0.3, -0.25) is 0 Å². The Kier molecular flexibility index (Phi) is 7.05. The van der Waals surface area contributed by atoms with Crippen molar-refractivity contribution in [2.24, 2.45) is 0 Å². The summed E-state index contributed by atoms with van der Waals surface area (Å²) in [5, 5.41) is 0. The van der Waals surface area contributed by atoms with Crippen molar-refractivity contribution in [3.8, 4) is 0 Å². The number of hydrogen-bond acceptors (Lipinski definition) is 3. The molecule has 11 heavy (non-hydrogen) atoms. The average molecular weight is 214 g/mol. The van der Waals surface area contributed by atoms with Crippen LogP contribution < -0.4 is 0 Å². The van der Waals surface area contributed by atoms with E-state index in [2.05, 4.69) is 34.1 Å². The van der Waals surface area contributed by atoms with Crippen molar-refractivity contribution in [2.75, 3.05) is 0 Å². The maximum Gasteiger partial charge on any atom is 0.394 e. The normalized spacial score (nSPS) is 10.5. The first-order chi connectivity index (χ1) is 5.28. The molecule has 0 saturated heterocycles. The fourth-order valence-electron chi connectivity index (χ4n) is 0.307. The molecule has 0 amide bonds. The molecule has 0 N–H and O–H groups in total. The van der Waals surface area contributed by atoms with Gasteiger partial charge in [-0.05, 0) is 11.4 Å². The molecule has 0 fully saturated rings. The summed E-state index contributed by atoms with van der Waals surface area (Å²) in [6, 6.07) is 0. The van der Waals surface area contributed by atoms with Gasteiger partial charge in [0.2, 0.25) is 21.0 Å². The minimum atomic E-state index is -1.45. The second-order valence-corrected chi connectivity index (χ2v) is 5.89. The van der Waals surface area contributed by atoms with Gasteiger partial charge in [-0.1, -0.05) is 0 Å². The van der Waals surface area contributed by atoms with E-state index >= 15 is 0 Å². The van der Waals surface area contributed by atoms with Gasteiger partial charge in [0.25, 0.3) is 0 Å². The smallest absolute Gasteiger partial charge is 0.394 e. The first-order valence-corrected chi connectivity index (χ1v) is 6.22. The summed E-state index contributed by atoms with van der Waals surface area (Å²) in [6.07, 6.45) is 0. The zero-order valence-electron chi connectivity index (χ0n) is 5.79. The molecule has 0 spiro atoms. The molecule has 7 heteroatoms. The summed E-state index contributed by atoms with van der Waals surface area (Å²) in [6.45, 7) is 7.06. The Balaban J connectivity index is 3.76. The molecule has 0 aliphatic carbocycles. The highest BCUT2D eigenvalue weighted by Crippen LogP contribution is 1.94. The molecule has 3 nitrogen and oxygen atoms in total. The topological polar surface area (TPSA) is 27.7 Å². The SMILES string of the molecule is C=C[Si](O[Si])O[Si](C=C)O[Si]. The van der Waals surface area contributed by atoms with Crippen molar-refractivity contribution in [2.45, 2.75) is 0 Å². The summed E-state index contributed by atoms with van der Waals surface area (Å²) >= 11 is 0. The third kappa shape index (κ3) is 4.63. The van der Waals surface area contributed by atoms with E-state index in [1.165, 1.54) is 0 Å². The molecular weight excluding hydrogens is 208 g/mol. The summed E-state index contributed by atoms with van der Waals surface area (Å²) in [5.41, 5.74) is 3.19. The first-order valence-electron chi connectivity index (χ1n) is 2.62. The molecule has 8 radical (unpaired) electrons. The lowest BCUT2D eigenvalue weighted by Crippen LogP contribution is -2.30. The van der Waals surface area contributed by atoms with Gasteiger partial charge in [-0.25, -0.2) is 0 Å². The van der Waals surface area contributed by atoms with Crippen LogP contribution in [0.2, 0.25) is 0 Å². The van der Waals surface area contributed by atoms with E-state index in [9.17, 15) is 0 Å². The molecule has 0 heterocycles. The van der Waals surface area contributed by atoms with Gasteiger partial charge < -0.3 is 12.3 Å². The lowest BCUT2D eigenvalue weighted by atomic mass is 11.3. The van der Waals surface area contributed by atoms with E-state index < -0.39 is 18.6 Å². The molecule has 0 rings (SSSR count). The largest absolute Gasteiger partial charge is 0.433 e. The molecule has 0 aromatic rings. The zero-order chi connectivity index (χ0) is 8.69. The van der Waals surface area contributed by atoms with Gasteiger partial charge >= 0.3 is 18.6 Å². The Labute approximate surface area is 76.8 Å². The summed E-state index contributed by atoms with van der Waals surface area (Å²) in [4.78, 5) is 0. The molecule has 0 bridgehead atoms. The van der Waals surface area contributed by atoms with Crippen LogP contribution in [0.3, 0.4) is 0 Å². The van der Waals surface area contributed by atoms with Gasteiger partial charge in [-0.2, -0.15) is 0 Å². The van der Waals surface area contributed by atoms with Crippen molar-refractivity contribution in [3.63, 3.8) is 0 Å². The van der Waals surface area contributed by atoms with Crippen molar-refractivity contribution < 1.29 is 12.3 Å². The number of hydrogen-bond donors (Lipinski definition) is 0. The average Bonchev–Trinajstić information content (AvgIpc) is 2.07. The maximum absolute atomic E-state index is 5.27. The highest BCUT2D eigenvalue weighted by Gasteiger charge is 2.16. The lowest BCUT2D eigenvalue weighted by Gasteiger charge is -2.12. The Morgan fingerprint density at radius 2 is 1.36 bits per heavy atom. The van der Waals surface area contributed by atoms with E-state index in [0.29, 0.717) is 0 Å². The van der Waals surface area contributed by atoms with Crippen LogP contribution in [0.5, 0.6) is 0 Å². The van der Waals surface area contributed by atoms with Crippen LogP contribution in [0.1, 0.15) is 0 Å². The second-order valence-electron chi connectivity index (χ2n) is 1.35. The van der Waals surface area contributed by atoms with Crippen molar-refractivity contribution in [1.82, 2.24) is 0 Å². The summed E-state index contributed by atoms with van der Waals surface area (Å²) < 4.78 is 14.8. The molecule has 0 aromatic heterocycles. The van der Waals surface area contributed by atoms with E-state index in [4.69, 9.17) is 12.3 Å². The zero-order valence-corrected chi connectivity index (χ0v) is 9.79. The van der Waals surface area contributed by atoms with Crippen molar-refractivity contribution >= 4 is 39.5 Å². The number of rotatable bonds is 6. The van der Waals surface area contributed by atoms with Crippen molar-refractivity contribution in [3.05, 3.63) is 24.6 Å². The van der Waals surface area contributed by atoms with Crippen LogP contribution in [-0.2, 0) is 12.3 Å². The molecule has 0 aromatic carbocycles. The molecule has 0 saturated carbocycles. The molecule has 0 aliphatic rings. The lowest BCUT2D eigenvalue weighted by molar-refractivity contribution is 0.411. The highest BCUT2D eigenvalue weighted by molar-refractivity contribution is 6.67. The molecular formula is C4H6O3Si4. The van der Waals surface area contributed by atoms with Crippen LogP contribution in [0.15, 0.2) is 24.6 Å². The van der Waals surface area contributed by atoms with Gasteiger partial charge in [0.15, 0.2) is 0 Å². The molecule has 0 atom stereocenters. The van der Waals surface area contributed by atoms with Crippen LogP contribution >= 0.6 is 0 Å². The molecule has 0 aliphatic heterocycles. The predicted molar refractivity (Wildman–Crippen MR) is 46.7 cm³/mol. The Hall–Kier alpha value is 0.228. The quantitative estimate of drug-likeness (QED) is 0.565. The summed E-state index contributed by atoms with van der Waals surface area (Å²) in [7, 11) is 2.84. The minimum Gasteiger partial charge on any atom is -0.433 e. The third-order valence-corrected chi connectivity index (χ3v) is 4.62. The van der Waals surface area contributed by atoms with E-state index in [1.54, 1.807) is 11.4 Å². The second kappa shape index (κ2) is 6.91. The third-order valence-electron chi connectivity index (χ3n) is 0.736. The Bertz CT molecular complexity index is 117. The molecule has 56 valence electrons. The minimum absolute atomic E-state index is 1.45. The first kappa shape index (κ1) is 11.2. The van der Waals surface area contributed by atoms with Crippen LogP contribution in [0.25, 0.3) is 0 Å². The monoisotopic (exact) mass is 214 g/mol. The maximum atomic E-state index is 5.27. The Morgan fingerprint density at radius 3 is 1.55 bits per heavy atom. The fraction of sp³-hybridized carbons (Fsp3) is 0. The van der Waals surface area contributed by atoms with Crippen molar-refractivity contribution in [1.29, 1.82) is 0 Å². The van der Waals surface area contributed by atoms with Gasteiger partial charge in [0.1, 0.15) is 0 Å². The van der Waals surface area contributed by atoms with E-state index in [0.717, 1.165) is 0 Å². The van der Waals surface area contributed by atoms with Crippen LogP contribution in [0.4, 0.5) is 0 Å². The van der Waals surface area contributed by atoms with Gasteiger partial charge in [0.05, 0.1) is 0 Å². The van der Waals surface area contributed by atoms with E-state index in [1.807, 2.05) is 0 Å². The Morgan fingerprint density at radius 1 is 1.00 bits per heavy atom. The highest BCUT2D eigenvalue weighted by atomic mass is 28.4.